The molecule has 0 fully saturated rings. The van der Waals surface area contributed by atoms with Gasteiger partial charge in [0.05, 0.1) is 26.4 Å². The number of hydrogen-bond donors (Lipinski definition) is 3. The van der Waals surface area contributed by atoms with Gasteiger partial charge in [-0.1, -0.05) is 273 Å². The molecule has 5 unspecified atom stereocenters. The van der Waals surface area contributed by atoms with E-state index in [0.717, 1.165) is 167 Å². The molecule has 5 atom stereocenters. The van der Waals surface area contributed by atoms with Crippen LogP contribution in [0, 0.1) is 0 Å². The van der Waals surface area contributed by atoms with E-state index in [4.69, 9.17) is 37.0 Å². The Kier molecular flexibility index (Phi) is 68.4. The number of esters is 4. The molecule has 0 aliphatic heterocycles. The lowest BCUT2D eigenvalue weighted by molar-refractivity contribution is -0.161. The Labute approximate surface area is 595 Å². The lowest BCUT2D eigenvalue weighted by Crippen LogP contribution is -2.30. The topological polar surface area (TPSA) is 237 Å². The van der Waals surface area contributed by atoms with Crippen LogP contribution in [-0.4, -0.2) is 96.7 Å². The number of allylic oxidation sites excluding steroid dienone is 16. The predicted molar refractivity (Wildman–Crippen MR) is 399 cm³/mol. The van der Waals surface area contributed by atoms with Crippen LogP contribution in [0.3, 0.4) is 0 Å². The minimum Gasteiger partial charge on any atom is -0.462 e. The van der Waals surface area contributed by atoms with Crippen molar-refractivity contribution in [3.63, 3.8) is 0 Å². The van der Waals surface area contributed by atoms with Gasteiger partial charge in [0.15, 0.2) is 12.2 Å². The molecule has 3 N–H and O–H groups in total. The van der Waals surface area contributed by atoms with E-state index in [1.165, 1.54) is 77.0 Å². The summed E-state index contributed by atoms with van der Waals surface area (Å²) in [5, 5.41) is 10.6. The number of aliphatic hydroxyl groups is 1. The molecule has 19 heteroatoms. The maximum atomic E-state index is 13.1. The van der Waals surface area contributed by atoms with Crippen molar-refractivity contribution in [2.45, 2.75) is 341 Å². The molecule has 0 heterocycles. The van der Waals surface area contributed by atoms with Crippen LogP contribution < -0.4 is 0 Å². The molecule has 566 valence electrons. The number of unbranched alkanes of at least 4 members (excludes halogenated alkanes) is 30. The first-order valence-corrected chi connectivity index (χ1v) is 41.5. The number of ether oxygens (including phenoxy) is 4. The lowest BCUT2D eigenvalue weighted by Gasteiger charge is -2.21. The van der Waals surface area contributed by atoms with Crippen LogP contribution in [0.1, 0.15) is 323 Å². The Balaban J connectivity index is 5.34. The largest absolute Gasteiger partial charge is 0.472 e. The summed E-state index contributed by atoms with van der Waals surface area (Å²) >= 11 is 0. The van der Waals surface area contributed by atoms with Crippen LogP contribution in [0.5, 0.6) is 0 Å². The monoisotopic (exact) mass is 1420 g/mol. The maximum absolute atomic E-state index is 13.1. The minimum atomic E-state index is -4.98. The average molecular weight is 1420 g/mol. The van der Waals surface area contributed by atoms with Crippen molar-refractivity contribution in [3.05, 3.63) is 97.2 Å². The smallest absolute Gasteiger partial charge is 0.462 e. The highest BCUT2D eigenvalue weighted by Gasteiger charge is 2.30. The van der Waals surface area contributed by atoms with Gasteiger partial charge in [0.2, 0.25) is 0 Å². The molecule has 0 saturated carbocycles. The minimum absolute atomic E-state index is 0.0707. The third-order valence-electron chi connectivity index (χ3n) is 16.0. The zero-order valence-electron chi connectivity index (χ0n) is 61.7. The van der Waals surface area contributed by atoms with Crippen molar-refractivity contribution >= 4 is 39.5 Å². The molecule has 0 aliphatic carbocycles. The Morgan fingerprint density at radius 2 is 0.551 bits per heavy atom. The van der Waals surface area contributed by atoms with E-state index in [1.54, 1.807) is 0 Å². The first-order valence-electron chi connectivity index (χ1n) is 38.5. The van der Waals surface area contributed by atoms with E-state index >= 15 is 0 Å². The van der Waals surface area contributed by atoms with Crippen LogP contribution in [0.25, 0.3) is 0 Å². The molecule has 0 aliphatic rings. The predicted octanol–water partition coefficient (Wildman–Crippen LogP) is 22.0. The van der Waals surface area contributed by atoms with Crippen molar-refractivity contribution < 1.29 is 80.2 Å². The first kappa shape index (κ1) is 94.0. The second-order valence-electron chi connectivity index (χ2n) is 25.6. The standard InChI is InChI=1S/C79H138O17P2/c1-5-9-13-17-21-25-29-32-34-35-36-37-39-42-45-48-52-56-60-64-77(82)90-70-75(96-79(84)66-62-58-54-50-46-40-31-27-23-19-15-11-7-3)72-94-98(87,88)92-68-73(80)67-91-97(85,86)93-71-74(95-78(83)65-61-57-53-49-43-28-24-20-16-12-8-4)69-89-76(81)63-59-55-51-47-44-41-38-33-30-26-22-18-14-10-6-2/h9,13,15,19,21,25,27,31-34,36-38,42,45,73-75,80H,5-8,10-12,14,16-18,20,22-24,26,28-30,35,39-41,43-44,46-72H2,1-4H3,(H,85,86)(H,87,88)/b13-9-,19-15-,25-21-,31-27-,34-32-,37-36-,38-33-,45-42-. The molecule has 0 aromatic rings. The second-order valence-corrected chi connectivity index (χ2v) is 28.5. The third-order valence-corrected chi connectivity index (χ3v) is 17.9. The second kappa shape index (κ2) is 71.4. The van der Waals surface area contributed by atoms with Gasteiger partial charge in [-0.25, -0.2) is 9.13 Å². The van der Waals surface area contributed by atoms with Gasteiger partial charge in [-0.2, -0.15) is 0 Å². The third kappa shape index (κ3) is 70.4. The van der Waals surface area contributed by atoms with Gasteiger partial charge in [0.25, 0.3) is 0 Å². The number of carbonyl (C=O) groups excluding carboxylic acids is 4. The zero-order valence-corrected chi connectivity index (χ0v) is 63.5. The fraction of sp³-hybridized carbons (Fsp3) is 0.747. The molecular formula is C79H138O17P2. The van der Waals surface area contributed by atoms with Gasteiger partial charge in [0.1, 0.15) is 19.3 Å². The van der Waals surface area contributed by atoms with Crippen molar-refractivity contribution in [2.24, 2.45) is 0 Å². The lowest BCUT2D eigenvalue weighted by atomic mass is 10.1. The van der Waals surface area contributed by atoms with Gasteiger partial charge in [-0.05, 0) is 122 Å². The number of aliphatic hydroxyl groups excluding tert-OH is 1. The van der Waals surface area contributed by atoms with E-state index in [0.29, 0.717) is 25.7 Å². The highest BCUT2D eigenvalue weighted by molar-refractivity contribution is 7.47. The highest BCUT2D eigenvalue weighted by atomic mass is 31.2. The summed E-state index contributed by atoms with van der Waals surface area (Å²) in [5.74, 6) is -2.22. The Bertz CT molecular complexity index is 2240. The normalized spacial score (nSPS) is 14.5. The fourth-order valence-corrected chi connectivity index (χ4v) is 11.7. The average Bonchev–Trinajstić information content (AvgIpc) is 0.972. The quantitative estimate of drug-likeness (QED) is 0.0169. The van der Waals surface area contributed by atoms with Crippen molar-refractivity contribution in [1.29, 1.82) is 0 Å². The Morgan fingerprint density at radius 1 is 0.296 bits per heavy atom. The molecule has 0 amide bonds. The van der Waals surface area contributed by atoms with Crippen LogP contribution in [0.15, 0.2) is 97.2 Å². The first-order chi connectivity index (χ1) is 47.7. The van der Waals surface area contributed by atoms with E-state index < -0.39 is 97.5 Å². The van der Waals surface area contributed by atoms with Crippen LogP contribution in [0.4, 0.5) is 0 Å². The Hall–Kier alpha value is -4.02. The molecule has 0 rings (SSSR count). The van der Waals surface area contributed by atoms with E-state index in [1.807, 2.05) is 0 Å². The van der Waals surface area contributed by atoms with E-state index in [-0.39, 0.29) is 25.7 Å². The summed E-state index contributed by atoms with van der Waals surface area (Å²) in [6.07, 6.45) is 74.0. The van der Waals surface area contributed by atoms with Crippen molar-refractivity contribution in [3.8, 4) is 0 Å². The highest BCUT2D eigenvalue weighted by Crippen LogP contribution is 2.45. The van der Waals surface area contributed by atoms with Gasteiger partial charge in [-0.15, -0.1) is 0 Å². The van der Waals surface area contributed by atoms with Gasteiger partial charge >= 0.3 is 39.5 Å². The van der Waals surface area contributed by atoms with E-state index in [9.17, 15) is 43.2 Å². The van der Waals surface area contributed by atoms with E-state index in [2.05, 4.69) is 125 Å². The number of phosphoric ester groups is 2. The SMILES string of the molecule is CC/C=C\C/C=C\C/C=C\C/C=C\C/C=C\CCCCCC(=O)OCC(COP(=O)(O)OCC(O)COP(=O)(O)OCC(COC(=O)CCCCCCC/C=C\CCCCCCCC)OC(=O)CCCCCCCCCCCCC)OC(=O)CCCCCCC/C=C\C/C=C\CCC. The van der Waals surface area contributed by atoms with Crippen molar-refractivity contribution in [2.75, 3.05) is 39.6 Å². The summed E-state index contributed by atoms with van der Waals surface area (Å²) in [7, 11) is -9.95. The summed E-state index contributed by atoms with van der Waals surface area (Å²) in [6.45, 7) is 4.64. The number of phosphoric acid groups is 2. The summed E-state index contributed by atoms with van der Waals surface area (Å²) in [5.41, 5.74) is 0. The number of carbonyl (C=O) groups is 4. The summed E-state index contributed by atoms with van der Waals surface area (Å²) in [6, 6.07) is 0. The summed E-state index contributed by atoms with van der Waals surface area (Å²) < 4.78 is 68.4. The molecule has 0 spiro atoms. The summed E-state index contributed by atoms with van der Waals surface area (Å²) in [4.78, 5) is 72.8. The molecule has 0 saturated heterocycles. The fourth-order valence-electron chi connectivity index (χ4n) is 10.2. The molecule has 0 aromatic heterocycles. The zero-order chi connectivity index (χ0) is 71.8. The van der Waals surface area contributed by atoms with Crippen molar-refractivity contribution in [1.82, 2.24) is 0 Å². The maximum Gasteiger partial charge on any atom is 0.472 e. The van der Waals surface area contributed by atoms with Crippen LogP contribution >= 0.6 is 15.6 Å². The van der Waals surface area contributed by atoms with Crippen LogP contribution in [-0.2, 0) is 65.4 Å². The Morgan fingerprint density at radius 3 is 0.878 bits per heavy atom. The molecule has 0 radical (unpaired) electrons. The molecule has 0 aromatic carbocycles. The van der Waals surface area contributed by atoms with Gasteiger partial charge < -0.3 is 33.8 Å². The molecule has 0 bridgehead atoms. The van der Waals surface area contributed by atoms with Crippen LogP contribution in [0.2, 0.25) is 0 Å². The number of hydrogen-bond acceptors (Lipinski definition) is 15. The molecular weight excluding hydrogens is 1280 g/mol. The van der Waals surface area contributed by atoms with Gasteiger partial charge in [0, 0.05) is 25.7 Å². The number of rotatable bonds is 72. The molecule has 98 heavy (non-hydrogen) atoms. The molecule has 17 nitrogen and oxygen atoms in total. The van der Waals surface area contributed by atoms with Gasteiger partial charge in [-0.3, -0.25) is 37.3 Å².